The summed E-state index contributed by atoms with van der Waals surface area (Å²) in [6.07, 6.45) is 1.60. The highest BCUT2D eigenvalue weighted by Crippen LogP contribution is 2.20. The minimum atomic E-state index is -1.35. The van der Waals surface area contributed by atoms with Crippen LogP contribution in [0.3, 0.4) is 0 Å². The maximum absolute atomic E-state index is 11.3. The van der Waals surface area contributed by atoms with E-state index in [0.717, 1.165) is 4.88 Å². The van der Waals surface area contributed by atoms with Crippen LogP contribution in [-0.2, 0) is 9.59 Å². The molecule has 1 aliphatic heterocycles. The fourth-order valence-corrected chi connectivity index (χ4v) is 1.70. The van der Waals surface area contributed by atoms with Crippen molar-refractivity contribution in [2.45, 2.75) is 13.0 Å². The molecule has 8 nitrogen and oxygen atoms in total. The predicted octanol–water partition coefficient (Wildman–Crippen LogP) is 0.270. The van der Waals surface area contributed by atoms with Gasteiger partial charge in [-0.3, -0.25) is 20.2 Å². The summed E-state index contributed by atoms with van der Waals surface area (Å²) in [5.74, 6) is -1.59. The van der Waals surface area contributed by atoms with Gasteiger partial charge in [0.1, 0.15) is 0 Å². The molecular weight excluding hydrogens is 246 g/mol. The van der Waals surface area contributed by atoms with Crippen LogP contribution in [0.2, 0.25) is 0 Å². The molecule has 2 rings (SSSR count). The molecule has 17 heavy (non-hydrogen) atoms. The van der Waals surface area contributed by atoms with Gasteiger partial charge in [-0.1, -0.05) is 11.3 Å². The number of rotatable bonds is 2. The number of thiazole rings is 1. The lowest BCUT2D eigenvalue weighted by Gasteiger charge is -2.15. The quantitative estimate of drug-likeness (QED) is 0.581. The summed E-state index contributed by atoms with van der Waals surface area (Å²) in [6.45, 7) is 1.84. The van der Waals surface area contributed by atoms with Crippen LogP contribution in [0.15, 0.2) is 16.4 Å². The number of nitrogens with zero attached hydrogens (tertiary/aromatic N) is 3. The van der Waals surface area contributed by atoms with Crippen molar-refractivity contribution in [1.29, 1.82) is 0 Å². The third-order valence-corrected chi connectivity index (χ3v) is 2.63. The molecule has 88 valence electrons. The SMILES string of the molecule is Cc1cnc(N=NC2C(=O)NC(=O)NC2=O)s1. The monoisotopic (exact) mass is 253 g/mol. The van der Waals surface area contributed by atoms with Crippen molar-refractivity contribution in [2.75, 3.05) is 0 Å². The Morgan fingerprint density at radius 2 is 1.94 bits per heavy atom. The zero-order valence-electron chi connectivity index (χ0n) is 8.63. The molecule has 0 bridgehead atoms. The van der Waals surface area contributed by atoms with E-state index < -0.39 is 23.9 Å². The van der Waals surface area contributed by atoms with Gasteiger partial charge < -0.3 is 0 Å². The van der Waals surface area contributed by atoms with Gasteiger partial charge in [0.15, 0.2) is 0 Å². The second-order valence-electron chi connectivity index (χ2n) is 3.18. The van der Waals surface area contributed by atoms with Crippen LogP contribution in [-0.4, -0.2) is 28.9 Å². The van der Waals surface area contributed by atoms with Crippen molar-refractivity contribution < 1.29 is 14.4 Å². The fourth-order valence-electron chi connectivity index (χ4n) is 1.11. The second-order valence-corrected chi connectivity index (χ2v) is 4.39. The molecule has 1 fully saturated rings. The highest BCUT2D eigenvalue weighted by Gasteiger charge is 2.34. The topological polar surface area (TPSA) is 113 Å². The predicted molar refractivity (Wildman–Crippen MR) is 56.8 cm³/mol. The smallest absolute Gasteiger partial charge is 0.275 e. The molecule has 2 N–H and O–H groups in total. The van der Waals surface area contributed by atoms with Gasteiger partial charge >= 0.3 is 6.03 Å². The molecule has 0 saturated carbocycles. The van der Waals surface area contributed by atoms with E-state index in [1.54, 1.807) is 6.20 Å². The summed E-state index contributed by atoms with van der Waals surface area (Å²) >= 11 is 1.28. The van der Waals surface area contributed by atoms with E-state index in [1.165, 1.54) is 11.3 Å². The van der Waals surface area contributed by atoms with Gasteiger partial charge in [-0.2, -0.15) is 5.11 Å². The number of nitrogens with one attached hydrogen (secondary N) is 2. The first kappa shape index (κ1) is 11.3. The molecule has 1 aromatic heterocycles. The van der Waals surface area contributed by atoms with Gasteiger partial charge in [-0.05, 0) is 6.92 Å². The van der Waals surface area contributed by atoms with Gasteiger partial charge in [0.2, 0.25) is 11.2 Å². The number of hydrogen-bond donors (Lipinski definition) is 2. The van der Waals surface area contributed by atoms with Crippen molar-refractivity contribution >= 4 is 34.3 Å². The number of aryl methyl sites for hydroxylation is 1. The summed E-state index contributed by atoms with van der Waals surface area (Å²) in [6, 6.07) is -2.20. The Morgan fingerprint density at radius 3 is 2.47 bits per heavy atom. The van der Waals surface area contributed by atoms with Crippen molar-refractivity contribution in [3.63, 3.8) is 0 Å². The molecule has 0 unspecified atom stereocenters. The largest absolute Gasteiger partial charge is 0.328 e. The molecule has 0 aliphatic carbocycles. The maximum Gasteiger partial charge on any atom is 0.328 e. The minimum Gasteiger partial charge on any atom is -0.275 e. The number of aromatic nitrogens is 1. The van der Waals surface area contributed by atoms with Gasteiger partial charge in [-0.15, -0.1) is 5.11 Å². The van der Waals surface area contributed by atoms with E-state index in [0.29, 0.717) is 5.13 Å². The number of barbiturate groups is 1. The average Bonchev–Trinajstić information content (AvgIpc) is 2.62. The number of amides is 4. The van der Waals surface area contributed by atoms with E-state index in [4.69, 9.17) is 0 Å². The van der Waals surface area contributed by atoms with E-state index >= 15 is 0 Å². The van der Waals surface area contributed by atoms with Crippen molar-refractivity contribution in [2.24, 2.45) is 10.2 Å². The lowest BCUT2D eigenvalue weighted by Crippen LogP contribution is -2.57. The molecule has 1 aliphatic rings. The molecule has 0 spiro atoms. The second kappa shape index (κ2) is 4.37. The van der Waals surface area contributed by atoms with E-state index in [2.05, 4.69) is 15.2 Å². The Balaban J connectivity index is 2.12. The number of imide groups is 2. The first-order chi connectivity index (χ1) is 8.06. The Kier molecular flexibility index (Phi) is 2.91. The number of carbonyl (C=O) groups excluding carboxylic acids is 3. The van der Waals surface area contributed by atoms with Crippen LogP contribution < -0.4 is 10.6 Å². The van der Waals surface area contributed by atoms with Crippen molar-refractivity contribution in [3.05, 3.63) is 11.1 Å². The molecule has 1 saturated heterocycles. The third-order valence-electron chi connectivity index (χ3n) is 1.84. The molecular formula is C8H7N5O3S. The molecule has 0 aromatic carbocycles. The molecule has 9 heteroatoms. The molecule has 2 heterocycles. The third kappa shape index (κ3) is 2.50. The lowest BCUT2D eigenvalue weighted by molar-refractivity contribution is -0.131. The van der Waals surface area contributed by atoms with Crippen molar-refractivity contribution in [1.82, 2.24) is 15.6 Å². The van der Waals surface area contributed by atoms with Crippen LogP contribution in [0.1, 0.15) is 4.88 Å². The Morgan fingerprint density at radius 1 is 1.29 bits per heavy atom. The van der Waals surface area contributed by atoms with Crippen LogP contribution in [0.25, 0.3) is 0 Å². The minimum absolute atomic E-state index is 0.347. The van der Waals surface area contributed by atoms with Gasteiger partial charge in [0.05, 0.1) is 0 Å². The maximum atomic E-state index is 11.3. The van der Waals surface area contributed by atoms with E-state index in [1.807, 2.05) is 17.6 Å². The summed E-state index contributed by atoms with van der Waals surface area (Å²) in [5.41, 5.74) is 0. The van der Waals surface area contributed by atoms with Crippen LogP contribution in [0.5, 0.6) is 0 Å². The van der Waals surface area contributed by atoms with Gasteiger partial charge in [0, 0.05) is 11.1 Å². The van der Waals surface area contributed by atoms with E-state index in [-0.39, 0.29) is 0 Å². The zero-order valence-corrected chi connectivity index (χ0v) is 9.45. The highest BCUT2D eigenvalue weighted by molar-refractivity contribution is 7.15. The summed E-state index contributed by atoms with van der Waals surface area (Å²) in [7, 11) is 0. The Bertz CT molecular complexity index is 503. The Hall–Kier alpha value is -2.16. The molecule has 1 aromatic rings. The number of carbonyl (C=O) groups is 3. The molecule has 0 radical (unpaired) electrons. The first-order valence-electron chi connectivity index (χ1n) is 4.55. The molecule has 0 atom stereocenters. The first-order valence-corrected chi connectivity index (χ1v) is 5.37. The summed E-state index contributed by atoms with van der Waals surface area (Å²) in [4.78, 5) is 38.1. The standard InChI is InChI=1S/C8H7N5O3S/c1-3-2-9-8(17-3)13-12-4-5(14)10-7(16)11-6(4)15/h2,4H,1H3,(H2,10,11,14,15,16). The fraction of sp³-hybridized carbons (Fsp3) is 0.250. The zero-order chi connectivity index (χ0) is 12.4. The average molecular weight is 253 g/mol. The summed E-state index contributed by atoms with van der Waals surface area (Å²) in [5, 5.41) is 11.4. The van der Waals surface area contributed by atoms with E-state index in [9.17, 15) is 14.4 Å². The highest BCUT2D eigenvalue weighted by atomic mass is 32.1. The normalized spacial score (nSPS) is 17.4. The van der Waals surface area contributed by atoms with Crippen LogP contribution in [0.4, 0.5) is 9.93 Å². The number of hydrogen-bond acceptors (Lipinski definition) is 7. The molecule has 4 amide bonds. The van der Waals surface area contributed by atoms with Gasteiger partial charge in [0.25, 0.3) is 11.8 Å². The van der Waals surface area contributed by atoms with Crippen molar-refractivity contribution in [3.8, 4) is 0 Å². The summed E-state index contributed by atoms with van der Waals surface area (Å²) < 4.78 is 0. The van der Waals surface area contributed by atoms with Crippen LogP contribution >= 0.6 is 11.3 Å². The van der Waals surface area contributed by atoms with Gasteiger partial charge in [-0.25, -0.2) is 9.78 Å². The van der Waals surface area contributed by atoms with Crippen LogP contribution in [0, 0.1) is 6.92 Å². The Labute approximate surface area is 99.1 Å². The number of urea groups is 1. The number of azo groups is 1. The lowest BCUT2D eigenvalue weighted by atomic mass is 10.2.